The van der Waals surface area contributed by atoms with E-state index in [1.807, 2.05) is 12.1 Å². The minimum atomic E-state index is -0.160. The molecule has 0 atom stereocenters. The van der Waals surface area contributed by atoms with Crippen LogP contribution < -0.4 is 0 Å². The molecule has 0 N–H and O–H groups in total. The SMILES string of the molecule is CC1(C)c2ccccc2-c2ccc3c(c21)c1cc2ccccc2cc1n3-c1nc2ccccc2nc1-c1ccc2ccccc2c1. The average molecular weight is 588 g/mol. The molecule has 0 unspecified atom stereocenters. The molecule has 1 aliphatic rings. The second-order valence-electron chi connectivity index (χ2n) is 13.1. The van der Waals surface area contributed by atoms with Gasteiger partial charge in [0.2, 0.25) is 0 Å². The molecular weight excluding hydrogens is 558 g/mol. The lowest BCUT2D eigenvalue weighted by atomic mass is 9.80. The molecule has 1 aliphatic carbocycles. The van der Waals surface area contributed by atoms with Gasteiger partial charge in [-0.3, -0.25) is 4.57 Å². The lowest BCUT2D eigenvalue weighted by Crippen LogP contribution is -2.15. The fourth-order valence-electron chi connectivity index (χ4n) is 7.97. The van der Waals surface area contributed by atoms with Crippen molar-refractivity contribution in [2.24, 2.45) is 0 Å². The second kappa shape index (κ2) is 9.12. The van der Waals surface area contributed by atoms with Crippen molar-refractivity contribution in [3.05, 3.63) is 151 Å². The number of rotatable bonds is 2. The van der Waals surface area contributed by atoms with Crippen LogP contribution >= 0.6 is 0 Å². The van der Waals surface area contributed by atoms with Crippen LogP contribution in [0.15, 0.2) is 140 Å². The maximum Gasteiger partial charge on any atom is 0.165 e. The third-order valence-electron chi connectivity index (χ3n) is 10.1. The van der Waals surface area contributed by atoms with Gasteiger partial charge < -0.3 is 0 Å². The van der Waals surface area contributed by atoms with Crippen LogP contribution in [0, 0.1) is 0 Å². The lowest BCUT2D eigenvalue weighted by molar-refractivity contribution is 0.666. The van der Waals surface area contributed by atoms with E-state index in [0.29, 0.717) is 0 Å². The highest BCUT2D eigenvalue weighted by Crippen LogP contribution is 2.53. The van der Waals surface area contributed by atoms with Gasteiger partial charge in [0.25, 0.3) is 0 Å². The van der Waals surface area contributed by atoms with Gasteiger partial charge in [0, 0.05) is 21.8 Å². The molecule has 3 heteroatoms. The molecule has 7 aromatic carbocycles. The van der Waals surface area contributed by atoms with Gasteiger partial charge >= 0.3 is 0 Å². The summed E-state index contributed by atoms with van der Waals surface area (Å²) in [6.45, 7) is 4.75. The van der Waals surface area contributed by atoms with E-state index >= 15 is 0 Å². The Balaban J connectivity index is 1.39. The Morgan fingerprint density at radius 3 is 1.98 bits per heavy atom. The minimum Gasteiger partial charge on any atom is -0.292 e. The summed E-state index contributed by atoms with van der Waals surface area (Å²) in [5.74, 6) is 0.845. The summed E-state index contributed by atoms with van der Waals surface area (Å²) in [6.07, 6.45) is 0. The van der Waals surface area contributed by atoms with Crippen molar-refractivity contribution in [2.75, 3.05) is 0 Å². The molecule has 0 spiro atoms. The van der Waals surface area contributed by atoms with Gasteiger partial charge in [-0.2, -0.15) is 0 Å². The number of fused-ring (bicyclic) bond motifs is 10. The summed E-state index contributed by atoms with van der Waals surface area (Å²) in [6, 6.07) is 50.3. The Morgan fingerprint density at radius 2 is 1.17 bits per heavy atom. The Hall–Kier alpha value is -5.80. The molecule has 216 valence electrons. The highest BCUT2D eigenvalue weighted by molar-refractivity contribution is 6.17. The lowest BCUT2D eigenvalue weighted by Gasteiger charge is -2.22. The molecule has 0 radical (unpaired) electrons. The molecule has 0 aliphatic heterocycles. The molecule has 3 nitrogen and oxygen atoms in total. The van der Waals surface area contributed by atoms with E-state index in [2.05, 4.69) is 146 Å². The predicted molar refractivity (Wildman–Crippen MR) is 192 cm³/mol. The first-order valence-corrected chi connectivity index (χ1v) is 15.9. The summed E-state index contributed by atoms with van der Waals surface area (Å²) in [4.78, 5) is 10.8. The molecule has 0 saturated heterocycles. The molecule has 9 aromatic rings. The number of nitrogens with zero attached hydrogens (tertiary/aromatic N) is 3. The van der Waals surface area contributed by atoms with Crippen LogP contribution in [0.5, 0.6) is 0 Å². The van der Waals surface area contributed by atoms with E-state index in [9.17, 15) is 0 Å². The van der Waals surface area contributed by atoms with E-state index in [-0.39, 0.29) is 5.41 Å². The zero-order valence-corrected chi connectivity index (χ0v) is 25.6. The third kappa shape index (κ3) is 3.43. The van der Waals surface area contributed by atoms with Crippen LogP contribution in [0.1, 0.15) is 25.0 Å². The summed E-state index contributed by atoms with van der Waals surface area (Å²) >= 11 is 0. The van der Waals surface area contributed by atoms with Crippen molar-refractivity contribution in [1.82, 2.24) is 14.5 Å². The van der Waals surface area contributed by atoms with Crippen molar-refractivity contribution >= 4 is 54.4 Å². The average Bonchev–Trinajstić information content (AvgIpc) is 3.54. The van der Waals surface area contributed by atoms with Crippen LogP contribution in [0.4, 0.5) is 0 Å². The summed E-state index contributed by atoms with van der Waals surface area (Å²) < 4.78 is 2.38. The van der Waals surface area contributed by atoms with Crippen molar-refractivity contribution in [3.63, 3.8) is 0 Å². The van der Waals surface area contributed by atoms with Crippen molar-refractivity contribution < 1.29 is 0 Å². The van der Waals surface area contributed by atoms with Crippen LogP contribution in [-0.2, 0) is 5.41 Å². The zero-order chi connectivity index (χ0) is 30.6. The smallest absolute Gasteiger partial charge is 0.165 e. The molecule has 2 aromatic heterocycles. The van der Waals surface area contributed by atoms with E-state index in [1.165, 1.54) is 54.6 Å². The molecule has 0 bridgehead atoms. The van der Waals surface area contributed by atoms with Crippen molar-refractivity contribution in [2.45, 2.75) is 19.3 Å². The van der Waals surface area contributed by atoms with E-state index in [4.69, 9.17) is 9.97 Å². The van der Waals surface area contributed by atoms with Crippen LogP contribution in [0.3, 0.4) is 0 Å². The maximum atomic E-state index is 5.42. The maximum absolute atomic E-state index is 5.42. The molecule has 46 heavy (non-hydrogen) atoms. The first kappa shape index (κ1) is 25.5. The standard InChI is InChI=1S/C43H29N3/c1-43(2)34-16-8-7-15-31(34)32-21-22-37-39(40(32)43)33-24-28-13-5-6-14-29(28)25-38(33)46(37)42-41(44-35-17-9-10-18-36(35)45-42)30-20-19-26-11-3-4-12-27(26)23-30/h3-25H,1-2H3. The molecule has 2 heterocycles. The number of hydrogen-bond acceptors (Lipinski definition) is 2. The second-order valence-corrected chi connectivity index (χ2v) is 13.1. The first-order chi connectivity index (χ1) is 22.6. The van der Waals surface area contributed by atoms with Crippen LogP contribution in [0.25, 0.3) is 82.6 Å². The Kier molecular flexibility index (Phi) is 5.06. The first-order valence-electron chi connectivity index (χ1n) is 15.9. The Morgan fingerprint density at radius 1 is 0.522 bits per heavy atom. The molecular formula is C43H29N3. The van der Waals surface area contributed by atoms with E-state index in [0.717, 1.165) is 39.1 Å². The van der Waals surface area contributed by atoms with Gasteiger partial charge in [0.05, 0.1) is 22.1 Å². The van der Waals surface area contributed by atoms with Crippen LogP contribution in [-0.4, -0.2) is 14.5 Å². The third-order valence-corrected chi connectivity index (χ3v) is 10.1. The minimum absolute atomic E-state index is 0.160. The monoisotopic (exact) mass is 587 g/mol. The highest BCUT2D eigenvalue weighted by Gasteiger charge is 2.38. The Bertz CT molecular complexity index is 2730. The fourth-order valence-corrected chi connectivity index (χ4v) is 7.97. The van der Waals surface area contributed by atoms with E-state index < -0.39 is 0 Å². The largest absolute Gasteiger partial charge is 0.292 e. The fraction of sp³-hybridized carbons (Fsp3) is 0.0698. The van der Waals surface area contributed by atoms with Gasteiger partial charge in [-0.25, -0.2) is 9.97 Å². The summed E-state index contributed by atoms with van der Waals surface area (Å²) in [5.41, 5.74) is 11.2. The van der Waals surface area contributed by atoms with Gasteiger partial charge in [-0.15, -0.1) is 0 Å². The van der Waals surface area contributed by atoms with E-state index in [1.54, 1.807) is 0 Å². The topological polar surface area (TPSA) is 30.7 Å². The summed E-state index contributed by atoms with van der Waals surface area (Å²) in [5, 5.41) is 7.37. The molecule has 0 amide bonds. The predicted octanol–water partition coefficient (Wildman–Crippen LogP) is 11.0. The normalized spacial score (nSPS) is 13.6. The van der Waals surface area contributed by atoms with Crippen molar-refractivity contribution in [1.29, 1.82) is 0 Å². The van der Waals surface area contributed by atoms with Crippen LogP contribution in [0.2, 0.25) is 0 Å². The number of aromatic nitrogens is 3. The van der Waals surface area contributed by atoms with Gasteiger partial charge in [-0.05, 0) is 80.2 Å². The number of para-hydroxylation sites is 2. The van der Waals surface area contributed by atoms with Gasteiger partial charge in [-0.1, -0.05) is 117 Å². The van der Waals surface area contributed by atoms with Gasteiger partial charge in [0.1, 0.15) is 5.69 Å². The Labute approximate surface area is 266 Å². The highest BCUT2D eigenvalue weighted by atomic mass is 15.1. The molecule has 0 fully saturated rings. The zero-order valence-electron chi connectivity index (χ0n) is 25.6. The van der Waals surface area contributed by atoms with Crippen molar-refractivity contribution in [3.8, 4) is 28.2 Å². The molecule has 0 saturated carbocycles. The molecule has 10 rings (SSSR count). The summed E-state index contributed by atoms with van der Waals surface area (Å²) in [7, 11) is 0. The number of hydrogen-bond donors (Lipinski definition) is 0. The quantitative estimate of drug-likeness (QED) is 0.201. The number of benzene rings is 7. The van der Waals surface area contributed by atoms with Gasteiger partial charge in [0.15, 0.2) is 5.82 Å².